The summed E-state index contributed by atoms with van der Waals surface area (Å²) >= 11 is 3.21. The Labute approximate surface area is 176 Å². The van der Waals surface area contributed by atoms with Gasteiger partial charge in [-0.2, -0.15) is 0 Å². The van der Waals surface area contributed by atoms with Gasteiger partial charge in [0.15, 0.2) is 0 Å². The lowest BCUT2D eigenvalue weighted by molar-refractivity contribution is -0.149. The van der Waals surface area contributed by atoms with Crippen LogP contribution in [-0.4, -0.2) is 64.0 Å². The van der Waals surface area contributed by atoms with Crippen molar-refractivity contribution >= 4 is 47.2 Å². The fourth-order valence-electron chi connectivity index (χ4n) is 3.40. The zero-order valence-corrected chi connectivity index (χ0v) is 17.7. The molecule has 2 aliphatic heterocycles. The van der Waals surface area contributed by atoms with E-state index in [4.69, 9.17) is 4.74 Å². The summed E-state index contributed by atoms with van der Waals surface area (Å²) in [5.41, 5.74) is 0.545. The molecule has 1 spiro atoms. The molecule has 1 saturated carbocycles. The summed E-state index contributed by atoms with van der Waals surface area (Å²) in [5.74, 6) is -1.85. The third kappa shape index (κ3) is 4.24. The minimum absolute atomic E-state index is 0.00556. The van der Waals surface area contributed by atoms with E-state index < -0.39 is 11.9 Å². The number of thiophene rings is 1. The van der Waals surface area contributed by atoms with Crippen molar-refractivity contribution < 1.29 is 29.0 Å². The quantitative estimate of drug-likeness (QED) is 0.389. The van der Waals surface area contributed by atoms with Crippen LogP contribution in [-0.2, 0) is 30.3 Å². The smallest absolute Gasteiger partial charge is 0.352 e. The first-order valence-corrected chi connectivity index (χ1v) is 10.8. The van der Waals surface area contributed by atoms with Crippen LogP contribution in [0.4, 0.5) is 0 Å². The number of fused-ring (bicyclic) bond motifs is 1. The number of thioether (sulfide) groups is 1. The Morgan fingerprint density at radius 1 is 1.45 bits per heavy atom. The molecule has 2 fully saturated rings. The predicted octanol–water partition coefficient (Wildman–Crippen LogP) is 1.41. The van der Waals surface area contributed by atoms with Gasteiger partial charge in [0, 0.05) is 28.5 Å². The Bertz CT molecular complexity index is 847. The second-order valence-corrected chi connectivity index (χ2v) is 9.37. The van der Waals surface area contributed by atoms with Crippen LogP contribution in [0.5, 0.6) is 0 Å². The lowest BCUT2D eigenvalue weighted by Gasteiger charge is -2.51. The molecule has 4 rings (SSSR count). The zero-order chi connectivity index (χ0) is 21.2. The fraction of sp³-hybridized carbons (Fsp3) is 0.474. The summed E-state index contributed by atoms with van der Waals surface area (Å²) < 4.78 is 4.71. The van der Waals surface area contributed by atoms with E-state index >= 15 is 0 Å². The number of hydrogen-bond acceptors (Lipinski definition) is 8. The van der Waals surface area contributed by atoms with Gasteiger partial charge in [-0.15, -0.1) is 23.1 Å². The van der Waals surface area contributed by atoms with Gasteiger partial charge >= 0.3 is 11.9 Å². The molecule has 2 N–H and O–H groups in total. The number of esters is 1. The van der Waals surface area contributed by atoms with Gasteiger partial charge in [0.2, 0.25) is 5.91 Å². The first-order chi connectivity index (χ1) is 13.8. The molecule has 1 aliphatic carbocycles. The maximum Gasteiger partial charge on any atom is 0.352 e. The normalized spacial score (nSPS) is 23.5. The Morgan fingerprint density at radius 3 is 2.66 bits per heavy atom. The molecule has 1 amide bonds. The van der Waals surface area contributed by atoms with Crippen LogP contribution in [0, 0.1) is 0 Å². The molecule has 3 heterocycles. The molecule has 156 valence electrons. The van der Waals surface area contributed by atoms with Gasteiger partial charge in [-0.3, -0.25) is 14.5 Å². The van der Waals surface area contributed by atoms with Gasteiger partial charge in [-0.05, 0) is 31.3 Å². The number of nitrogens with one attached hydrogen (secondary N) is 1. The van der Waals surface area contributed by atoms with Crippen LogP contribution in [0.1, 0.15) is 24.6 Å². The number of aliphatic carboxylic acids is 1. The average molecular weight is 439 g/mol. The highest BCUT2D eigenvalue weighted by Gasteiger charge is 2.63. The standard InChI is InChI=1S/C13H16N2O5S.C6H6OS/c1-6(16)20-5-7-9(12(18)19)15-10(17)8(14-2)11(15)21-13(7)3-4-13;7-4-3-6-2-1-5-8-6/h8,11,14H,3-5H2,1-2H3,(H,18,19);1-2,4-5H,3H2. The van der Waals surface area contributed by atoms with Crippen LogP contribution in [0.25, 0.3) is 0 Å². The zero-order valence-electron chi connectivity index (χ0n) is 16.0. The third-order valence-corrected chi connectivity index (χ3v) is 7.70. The van der Waals surface area contributed by atoms with E-state index in [2.05, 4.69) is 5.32 Å². The number of carbonyl (C=O) groups is 4. The molecule has 3 aliphatic rings. The third-order valence-electron chi connectivity index (χ3n) is 4.97. The molecule has 1 saturated heterocycles. The SMILES string of the molecule is CNC1C(=O)N2C(C(=O)O)=C(COC(C)=O)C3(CC3)SC12.O=CCc1cccs1. The van der Waals surface area contributed by atoms with Gasteiger partial charge < -0.3 is 20.0 Å². The predicted molar refractivity (Wildman–Crippen MR) is 108 cm³/mol. The topological polar surface area (TPSA) is 113 Å². The number of likely N-dealkylation sites (N-methyl/N-ethyl adjacent to an activating group) is 1. The molecule has 0 radical (unpaired) electrons. The van der Waals surface area contributed by atoms with E-state index in [0.717, 1.165) is 24.0 Å². The van der Waals surface area contributed by atoms with Crippen molar-refractivity contribution in [2.75, 3.05) is 13.7 Å². The summed E-state index contributed by atoms with van der Waals surface area (Å²) in [6, 6.07) is 3.56. The molecule has 2 atom stereocenters. The Balaban J connectivity index is 0.000000252. The molecule has 8 nitrogen and oxygen atoms in total. The molecular weight excluding hydrogens is 416 g/mol. The van der Waals surface area contributed by atoms with Gasteiger partial charge in [0.05, 0.1) is 0 Å². The highest BCUT2D eigenvalue weighted by Crippen LogP contribution is 2.62. The number of carboxylic acid groups (broad SMARTS) is 1. The second kappa shape index (κ2) is 8.68. The van der Waals surface area contributed by atoms with Crippen molar-refractivity contribution in [3.63, 3.8) is 0 Å². The molecule has 1 aromatic rings. The maximum atomic E-state index is 12.1. The first kappa shape index (κ1) is 21.5. The molecule has 10 heteroatoms. The second-order valence-electron chi connectivity index (χ2n) is 6.84. The van der Waals surface area contributed by atoms with E-state index in [1.165, 1.54) is 11.8 Å². The van der Waals surface area contributed by atoms with Crippen molar-refractivity contribution in [2.45, 2.75) is 42.3 Å². The molecular formula is C19H22N2O6S2. The summed E-state index contributed by atoms with van der Waals surface area (Å²) in [6.45, 7) is 1.22. The maximum absolute atomic E-state index is 12.1. The van der Waals surface area contributed by atoms with Crippen LogP contribution in [0.15, 0.2) is 28.8 Å². The number of ether oxygens (including phenoxy) is 1. The van der Waals surface area contributed by atoms with E-state index in [1.807, 2.05) is 17.5 Å². The van der Waals surface area contributed by atoms with Crippen molar-refractivity contribution in [1.29, 1.82) is 0 Å². The molecule has 0 bridgehead atoms. The monoisotopic (exact) mass is 438 g/mol. The molecule has 0 aromatic carbocycles. The summed E-state index contributed by atoms with van der Waals surface area (Å²) in [5, 5.41) is 14.2. The van der Waals surface area contributed by atoms with Gasteiger partial charge in [-0.25, -0.2) is 4.79 Å². The lowest BCUT2D eigenvalue weighted by Crippen LogP contribution is -2.70. The Morgan fingerprint density at radius 2 is 2.17 bits per heavy atom. The Kier molecular flexibility index (Phi) is 6.45. The van der Waals surface area contributed by atoms with Crippen molar-refractivity contribution in [1.82, 2.24) is 10.2 Å². The van der Waals surface area contributed by atoms with E-state index in [9.17, 15) is 24.3 Å². The number of amides is 1. The minimum atomic E-state index is -1.14. The Hall–Kier alpha value is -2.17. The van der Waals surface area contributed by atoms with Crippen molar-refractivity contribution in [3.05, 3.63) is 33.7 Å². The van der Waals surface area contributed by atoms with E-state index in [-0.39, 0.29) is 34.4 Å². The number of carboxylic acids is 1. The summed E-state index contributed by atoms with van der Waals surface area (Å²) in [6.07, 6.45) is 3.18. The molecule has 1 aromatic heterocycles. The number of aldehydes is 1. The van der Waals surface area contributed by atoms with Gasteiger partial charge in [0.1, 0.15) is 30.0 Å². The number of rotatable bonds is 6. The van der Waals surface area contributed by atoms with Crippen molar-refractivity contribution in [2.24, 2.45) is 0 Å². The van der Waals surface area contributed by atoms with Gasteiger partial charge in [-0.1, -0.05) is 6.07 Å². The van der Waals surface area contributed by atoms with Crippen LogP contribution >= 0.6 is 23.1 Å². The highest BCUT2D eigenvalue weighted by molar-refractivity contribution is 8.02. The fourth-order valence-corrected chi connectivity index (χ4v) is 5.86. The molecule has 2 unspecified atom stereocenters. The largest absolute Gasteiger partial charge is 0.477 e. The minimum Gasteiger partial charge on any atom is -0.477 e. The average Bonchev–Trinajstić information content (AvgIpc) is 3.24. The van der Waals surface area contributed by atoms with Crippen LogP contribution in [0.3, 0.4) is 0 Å². The number of carbonyl (C=O) groups excluding carboxylic acids is 3. The van der Waals surface area contributed by atoms with Crippen LogP contribution < -0.4 is 5.32 Å². The lowest BCUT2D eigenvalue weighted by atomic mass is 10.00. The number of β-lactam (4-membered cyclic amide) rings is 1. The number of hydrogen-bond donors (Lipinski definition) is 2. The molecule has 29 heavy (non-hydrogen) atoms. The van der Waals surface area contributed by atoms with Crippen LogP contribution in [0.2, 0.25) is 0 Å². The first-order valence-electron chi connectivity index (χ1n) is 9.09. The highest BCUT2D eigenvalue weighted by atomic mass is 32.2. The number of nitrogens with zero attached hydrogens (tertiary/aromatic N) is 1. The van der Waals surface area contributed by atoms with E-state index in [1.54, 1.807) is 30.1 Å². The summed E-state index contributed by atoms with van der Waals surface area (Å²) in [7, 11) is 1.69. The summed E-state index contributed by atoms with van der Waals surface area (Å²) in [4.78, 5) is 47.1. The van der Waals surface area contributed by atoms with Crippen molar-refractivity contribution in [3.8, 4) is 0 Å². The van der Waals surface area contributed by atoms with E-state index in [0.29, 0.717) is 12.0 Å². The van der Waals surface area contributed by atoms with Gasteiger partial charge in [0.25, 0.3) is 0 Å².